The summed E-state index contributed by atoms with van der Waals surface area (Å²) in [5, 5.41) is 5.06. The second-order valence-corrected chi connectivity index (χ2v) is 6.89. The maximum atomic E-state index is 12.0. The molecule has 3 heterocycles. The number of thioether (sulfide) groups is 1. The summed E-state index contributed by atoms with van der Waals surface area (Å²) >= 11 is 1.60. The van der Waals surface area contributed by atoms with Gasteiger partial charge in [-0.2, -0.15) is 0 Å². The fourth-order valence-corrected chi connectivity index (χ4v) is 3.97. The third-order valence-electron chi connectivity index (χ3n) is 4.49. The highest BCUT2D eigenvalue weighted by molar-refractivity contribution is 8.02. The van der Waals surface area contributed by atoms with Crippen molar-refractivity contribution in [1.29, 1.82) is 0 Å². The molecule has 1 N–H and O–H groups in total. The van der Waals surface area contributed by atoms with Crippen LogP contribution in [0.5, 0.6) is 0 Å². The van der Waals surface area contributed by atoms with E-state index in [-0.39, 0.29) is 5.91 Å². The highest BCUT2D eigenvalue weighted by Gasteiger charge is 2.34. The van der Waals surface area contributed by atoms with Crippen LogP contribution in [0, 0.1) is 12.8 Å². The summed E-state index contributed by atoms with van der Waals surface area (Å²) in [6.45, 7) is 5.52. The van der Waals surface area contributed by atoms with Crippen LogP contribution in [0.2, 0.25) is 0 Å². The molecule has 3 aliphatic heterocycles. The molecule has 112 valence electrons. The van der Waals surface area contributed by atoms with Gasteiger partial charge in [-0.05, 0) is 55.8 Å². The second kappa shape index (κ2) is 6.67. The maximum Gasteiger partial charge on any atom is 0.244 e. The van der Waals surface area contributed by atoms with Gasteiger partial charge in [-0.15, -0.1) is 0 Å². The molecule has 1 atom stereocenters. The number of hydrogen-bond donors (Lipinski definition) is 1. The number of amides is 1. The van der Waals surface area contributed by atoms with E-state index < -0.39 is 0 Å². The van der Waals surface area contributed by atoms with Crippen molar-refractivity contribution < 1.29 is 4.79 Å². The molecule has 3 aliphatic rings. The Labute approximate surface area is 130 Å². The molecule has 0 aliphatic carbocycles. The number of hydrogen-bond acceptors (Lipinski definition) is 3. The number of fused-ring (bicyclic) bond motifs is 3. The van der Waals surface area contributed by atoms with Gasteiger partial charge in [0.2, 0.25) is 5.91 Å². The topological polar surface area (TPSA) is 32.3 Å². The summed E-state index contributed by atoms with van der Waals surface area (Å²) in [5.74, 6) is 0.714. The molecule has 3 nitrogen and oxygen atoms in total. The average molecular weight is 302 g/mol. The Morgan fingerprint density at radius 3 is 2.76 bits per heavy atom. The minimum absolute atomic E-state index is 0.0369. The number of aryl methyl sites for hydroxylation is 1. The highest BCUT2D eigenvalue weighted by Crippen LogP contribution is 2.27. The van der Waals surface area contributed by atoms with Crippen LogP contribution in [0.3, 0.4) is 0 Å². The Hall–Kier alpha value is -1.26. The molecule has 3 fully saturated rings. The number of benzene rings is 1. The van der Waals surface area contributed by atoms with E-state index in [1.165, 1.54) is 36.4 Å². The van der Waals surface area contributed by atoms with E-state index in [1.54, 1.807) is 17.8 Å². The maximum absolute atomic E-state index is 12.0. The molecule has 21 heavy (non-hydrogen) atoms. The number of nitrogens with zero attached hydrogens (tertiary/aromatic N) is 1. The normalized spacial score (nSPS) is 28.0. The Balaban J connectivity index is 1.50. The van der Waals surface area contributed by atoms with Crippen molar-refractivity contribution in [2.45, 2.75) is 30.7 Å². The lowest BCUT2D eigenvalue weighted by atomic mass is 9.84. The van der Waals surface area contributed by atoms with Gasteiger partial charge in [0.1, 0.15) is 0 Å². The Morgan fingerprint density at radius 1 is 1.33 bits per heavy atom. The molecular weight excluding hydrogens is 280 g/mol. The van der Waals surface area contributed by atoms with Crippen molar-refractivity contribution in [2.75, 3.05) is 19.6 Å². The molecule has 3 saturated heterocycles. The van der Waals surface area contributed by atoms with Crippen molar-refractivity contribution in [3.63, 3.8) is 0 Å². The molecule has 0 radical (unpaired) electrons. The van der Waals surface area contributed by atoms with Crippen LogP contribution in [0.1, 0.15) is 18.4 Å². The minimum Gasteiger partial charge on any atom is -0.348 e. The minimum atomic E-state index is 0.0369. The number of carbonyl (C=O) groups is 1. The zero-order valence-corrected chi connectivity index (χ0v) is 13.2. The molecule has 0 saturated carbocycles. The van der Waals surface area contributed by atoms with Crippen LogP contribution in [-0.2, 0) is 4.79 Å². The largest absolute Gasteiger partial charge is 0.348 e. The van der Waals surface area contributed by atoms with E-state index in [0.717, 1.165) is 6.54 Å². The predicted octanol–water partition coefficient (Wildman–Crippen LogP) is 2.81. The van der Waals surface area contributed by atoms with E-state index in [1.807, 2.05) is 17.5 Å². The SMILES string of the molecule is Cc1ccccc1SC=CC(=O)N[C@H]1CN2CCC1CC2. The summed E-state index contributed by atoms with van der Waals surface area (Å²) in [5.41, 5.74) is 1.24. The van der Waals surface area contributed by atoms with Gasteiger partial charge in [0.05, 0.1) is 0 Å². The van der Waals surface area contributed by atoms with Gasteiger partial charge in [-0.25, -0.2) is 0 Å². The molecule has 2 bridgehead atoms. The van der Waals surface area contributed by atoms with Crippen LogP contribution in [0.4, 0.5) is 0 Å². The van der Waals surface area contributed by atoms with Crippen molar-refractivity contribution in [2.24, 2.45) is 5.92 Å². The van der Waals surface area contributed by atoms with Gasteiger partial charge >= 0.3 is 0 Å². The van der Waals surface area contributed by atoms with Crippen molar-refractivity contribution in [3.05, 3.63) is 41.3 Å². The summed E-state index contributed by atoms with van der Waals surface area (Å²) < 4.78 is 0. The van der Waals surface area contributed by atoms with E-state index >= 15 is 0 Å². The lowest BCUT2D eigenvalue weighted by molar-refractivity contribution is -0.118. The van der Waals surface area contributed by atoms with Crippen LogP contribution < -0.4 is 5.32 Å². The fraction of sp³-hybridized carbons (Fsp3) is 0.471. The Bertz CT molecular complexity index is 535. The monoisotopic (exact) mass is 302 g/mol. The smallest absolute Gasteiger partial charge is 0.244 e. The second-order valence-electron chi connectivity index (χ2n) is 5.94. The zero-order valence-electron chi connectivity index (χ0n) is 12.4. The number of nitrogens with one attached hydrogen (secondary N) is 1. The fourth-order valence-electron chi connectivity index (χ4n) is 3.22. The summed E-state index contributed by atoms with van der Waals surface area (Å²) in [6, 6.07) is 8.56. The van der Waals surface area contributed by atoms with Crippen molar-refractivity contribution in [3.8, 4) is 0 Å². The summed E-state index contributed by atoms with van der Waals surface area (Å²) in [4.78, 5) is 15.7. The first-order chi connectivity index (χ1) is 10.2. The zero-order chi connectivity index (χ0) is 14.7. The highest BCUT2D eigenvalue weighted by atomic mass is 32.2. The van der Waals surface area contributed by atoms with Crippen LogP contribution in [-0.4, -0.2) is 36.5 Å². The van der Waals surface area contributed by atoms with E-state index in [0.29, 0.717) is 12.0 Å². The van der Waals surface area contributed by atoms with Crippen LogP contribution in [0.25, 0.3) is 0 Å². The molecule has 4 heteroatoms. The van der Waals surface area contributed by atoms with E-state index in [9.17, 15) is 4.79 Å². The molecular formula is C17H22N2OS. The lowest BCUT2D eigenvalue weighted by Crippen LogP contribution is -2.57. The van der Waals surface area contributed by atoms with Crippen molar-refractivity contribution in [1.82, 2.24) is 10.2 Å². The molecule has 1 aromatic carbocycles. The summed E-state index contributed by atoms with van der Waals surface area (Å²) in [7, 11) is 0. The number of rotatable bonds is 4. The number of carbonyl (C=O) groups excluding carboxylic acids is 1. The molecule has 1 amide bonds. The Kier molecular flexibility index (Phi) is 4.66. The molecule has 1 aromatic rings. The average Bonchev–Trinajstić information content (AvgIpc) is 2.50. The molecule has 0 aromatic heterocycles. The van der Waals surface area contributed by atoms with E-state index in [4.69, 9.17) is 0 Å². The van der Waals surface area contributed by atoms with Gasteiger partial charge in [0, 0.05) is 23.6 Å². The van der Waals surface area contributed by atoms with Gasteiger partial charge in [-0.1, -0.05) is 30.0 Å². The molecule has 4 rings (SSSR count). The quantitative estimate of drug-likeness (QED) is 0.686. The molecule has 0 spiro atoms. The Morgan fingerprint density at radius 2 is 2.10 bits per heavy atom. The predicted molar refractivity (Wildman–Crippen MR) is 87.3 cm³/mol. The first-order valence-corrected chi connectivity index (χ1v) is 8.52. The first kappa shape index (κ1) is 14.7. The number of piperidine rings is 3. The van der Waals surface area contributed by atoms with E-state index in [2.05, 4.69) is 29.3 Å². The van der Waals surface area contributed by atoms with Crippen LogP contribution >= 0.6 is 11.8 Å². The third-order valence-corrected chi connectivity index (χ3v) is 5.48. The third kappa shape index (κ3) is 3.69. The van der Waals surface area contributed by atoms with Crippen LogP contribution in [0.15, 0.2) is 40.6 Å². The van der Waals surface area contributed by atoms with Gasteiger partial charge in [-0.3, -0.25) is 4.79 Å². The first-order valence-electron chi connectivity index (χ1n) is 7.64. The van der Waals surface area contributed by atoms with Gasteiger partial charge in [0.25, 0.3) is 0 Å². The molecule has 0 unspecified atom stereocenters. The standard InChI is InChI=1S/C17H22N2OS/c1-13-4-2-3-5-16(13)21-11-8-17(20)18-15-12-19-9-6-14(15)7-10-19/h2-5,8,11,14-15H,6-7,9-10,12H2,1H3,(H,18,20)/t15-/m0/s1. The lowest BCUT2D eigenvalue weighted by Gasteiger charge is -2.44. The van der Waals surface area contributed by atoms with Gasteiger partial charge in [0.15, 0.2) is 0 Å². The van der Waals surface area contributed by atoms with Crippen molar-refractivity contribution >= 4 is 17.7 Å². The van der Waals surface area contributed by atoms with Gasteiger partial charge < -0.3 is 10.2 Å². The summed E-state index contributed by atoms with van der Waals surface area (Å²) in [6.07, 6.45) is 4.12.